The highest BCUT2D eigenvalue weighted by Crippen LogP contribution is 2.51. The van der Waals surface area contributed by atoms with E-state index in [4.69, 9.17) is 0 Å². The van der Waals surface area contributed by atoms with Gasteiger partial charge in [0.2, 0.25) is 0 Å². The van der Waals surface area contributed by atoms with Gasteiger partial charge in [-0.2, -0.15) is 0 Å². The molecule has 0 atom stereocenters. The molecule has 0 N–H and O–H groups in total. The van der Waals surface area contributed by atoms with E-state index in [0.717, 1.165) is 12.8 Å². The topological polar surface area (TPSA) is 9.86 Å². The maximum atomic E-state index is 2.40. The SMILES string of the molecule is Cn1c2c(c3ccccc31)C1=C(C2)Cc2c1c1ccccc1n2C. The molecule has 0 saturated carbocycles. The maximum absolute atomic E-state index is 2.40. The largest absolute Gasteiger partial charge is 0.347 e. The average Bonchev–Trinajstić information content (AvgIpc) is 3.29. The van der Waals surface area contributed by atoms with Gasteiger partial charge in [0.05, 0.1) is 0 Å². The molecule has 2 heterocycles. The Bertz CT molecular complexity index is 1120. The first kappa shape index (κ1) is 12.7. The summed E-state index contributed by atoms with van der Waals surface area (Å²) < 4.78 is 4.79. The van der Waals surface area contributed by atoms with Crippen molar-refractivity contribution in [3.63, 3.8) is 0 Å². The lowest BCUT2D eigenvalue weighted by atomic mass is 9.99. The third kappa shape index (κ3) is 1.26. The van der Waals surface area contributed by atoms with Crippen molar-refractivity contribution in [3.05, 3.63) is 76.6 Å². The van der Waals surface area contributed by atoms with Crippen LogP contribution in [-0.4, -0.2) is 9.13 Å². The molecule has 2 aliphatic carbocycles. The highest BCUT2D eigenvalue weighted by atomic mass is 15.0. The molecule has 0 radical (unpaired) electrons. The van der Waals surface area contributed by atoms with Crippen LogP contribution in [0.2, 0.25) is 0 Å². The lowest BCUT2D eigenvalue weighted by Gasteiger charge is -2.05. The van der Waals surface area contributed by atoms with Crippen LogP contribution in [0.25, 0.3) is 27.4 Å². The van der Waals surface area contributed by atoms with E-state index in [-0.39, 0.29) is 0 Å². The smallest absolute Gasteiger partial charge is 0.0486 e. The Labute approximate surface area is 140 Å². The summed E-state index contributed by atoms with van der Waals surface area (Å²) >= 11 is 0. The lowest BCUT2D eigenvalue weighted by Crippen LogP contribution is -2.00. The molecule has 4 aromatic rings. The van der Waals surface area contributed by atoms with E-state index in [1.165, 1.54) is 49.9 Å². The molecule has 2 aliphatic rings. The van der Waals surface area contributed by atoms with Crippen LogP contribution in [0.3, 0.4) is 0 Å². The summed E-state index contributed by atoms with van der Waals surface area (Å²) in [5.41, 5.74) is 11.8. The van der Waals surface area contributed by atoms with E-state index in [2.05, 4.69) is 71.8 Å². The molecule has 2 heteroatoms. The number of allylic oxidation sites excluding steroid dienone is 1. The molecular formula is C22H18N2. The van der Waals surface area contributed by atoms with Crippen LogP contribution in [-0.2, 0) is 26.9 Å². The molecule has 24 heavy (non-hydrogen) atoms. The fourth-order valence-electron chi connectivity index (χ4n) is 4.99. The summed E-state index contributed by atoms with van der Waals surface area (Å²) in [6.07, 6.45) is 2.19. The molecule has 0 fully saturated rings. The predicted molar refractivity (Wildman–Crippen MR) is 99.3 cm³/mol. The highest BCUT2D eigenvalue weighted by molar-refractivity contribution is 6.10. The first-order chi connectivity index (χ1) is 11.8. The van der Waals surface area contributed by atoms with Crippen molar-refractivity contribution in [3.8, 4) is 0 Å². The van der Waals surface area contributed by atoms with Gasteiger partial charge in [0.25, 0.3) is 0 Å². The normalized spacial score (nSPS) is 15.4. The number of hydrogen-bond acceptors (Lipinski definition) is 0. The summed E-state index contributed by atoms with van der Waals surface area (Å²) in [7, 11) is 4.43. The van der Waals surface area contributed by atoms with E-state index in [9.17, 15) is 0 Å². The lowest BCUT2D eigenvalue weighted by molar-refractivity contribution is 0.844. The van der Waals surface area contributed by atoms with Crippen LogP contribution in [0, 0.1) is 0 Å². The van der Waals surface area contributed by atoms with Gasteiger partial charge in [-0.15, -0.1) is 0 Å². The zero-order valence-electron chi connectivity index (χ0n) is 13.9. The van der Waals surface area contributed by atoms with E-state index < -0.39 is 0 Å². The zero-order valence-corrected chi connectivity index (χ0v) is 13.9. The standard InChI is InChI=1S/C22H18N2/c1-23-16-9-5-3-7-14(16)21-18(23)11-13-12-19-22(20(13)21)15-8-4-6-10-17(15)24(19)2/h3-10H,11-12H2,1-2H3. The van der Waals surface area contributed by atoms with Crippen molar-refractivity contribution in [2.24, 2.45) is 14.1 Å². The second-order valence-corrected chi connectivity index (χ2v) is 7.13. The summed E-state index contributed by atoms with van der Waals surface area (Å²) in [4.78, 5) is 0. The Hall–Kier alpha value is -2.74. The van der Waals surface area contributed by atoms with Crippen LogP contribution < -0.4 is 0 Å². The third-order valence-electron chi connectivity index (χ3n) is 6.07. The number of nitrogens with zero attached hydrogens (tertiary/aromatic N) is 2. The van der Waals surface area contributed by atoms with Gasteiger partial charge in [-0.25, -0.2) is 0 Å². The van der Waals surface area contributed by atoms with Crippen molar-refractivity contribution in [1.29, 1.82) is 0 Å². The van der Waals surface area contributed by atoms with Gasteiger partial charge in [-0.05, 0) is 23.3 Å². The number of fused-ring (bicyclic) bond motifs is 8. The van der Waals surface area contributed by atoms with Crippen LogP contribution >= 0.6 is 0 Å². The van der Waals surface area contributed by atoms with Crippen LogP contribution in [0.4, 0.5) is 0 Å². The first-order valence-corrected chi connectivity index (χ1v) is 8.61. The fraction of sp³-hybridized carbons (Fsp3) is 0.182. The molecule has 6 rings (SSSR count). The van der Waals surface area contributed by atoms with Crippen molar-refractivity contribution in [1.82, 2.24) is 9.13 Å². The number of hydrogen-bond donors (Lipinski definition) is 0. The summed E-state index contributed by atoms with van der Waals surface area (Å²) in [6.45, 7) is 0. The molecule has 116 valence electrons. The van der Waals surface area contributed by atoms with Gasteiger partial charge in [-0.3, -0.25) is 0 Å². The number of aryl methyl sites for hydroxylation is 2. The Balaban J connectivity index is 1.75. The first-order valence-electron chi connectivity index (χ1n) is 8.61. The minimum Gasteiger partial charge on any atom is -0.347 e. The number of rotatable bonds is 0. The van der Waals surface area contributed by atoms with Crippen LogP contribution in [0.1, 0.15) is 22.5 Å². The van der Waals surface area contributed by atoms with E-state index in [1.807, 2.05) is 0 Å². The molecule has 0 spiro atoms. The summed E-state index contributed by atoms with van der Waals surface area (Å²) in [5.74, 6) is 0. The van der Waals surface area contributed by atoms with Crippen molar-refractivity contribution in [2.45, 2.75) is 12.8 Å². The Morgan fingerprint density at radius 1 is 0.667 bits per heavy atom. The molecule has 0 bridgehead atoms. The molecule has 0 aliphatic heterocycles. The minimum absolute atomic E-state index is 1.10. The minimum atomic E-state index is 1.10. The molecule has 0 unspecified atom stereocenters. The monoisotopic (exact) mass is 310 g/mol. The molecule has 2 aromatic carbocycles. The van der Waals surface area contributed by atoms with Crippen molar-refractivity contribution >= 4 is 27.4 Å². The molecule has 0 amide bonds. The number of para-hydroxylation sites is 2. The third-order valence-corrected chi connectivity index (χ3v) is 6.07. The zero-order chi connectivity index (χ0) is 16.0. The predicted octanol–water partition coefficient (Wildman–Crippen LogP) is 4.58. The van der Waals surface area contributed by atoms with Gasteiger partial charge in [0, 0.05) is 71.3 Å². The Kier molecular flexibility index (Phi) is 2.12. The van der Waals surface area contributed by atoms with E-state index >= 15 is 0 Å². The summed E-state index contributed by atoms with van der Waals surface area (Å²) in [5, 5.41) is 2.81. The fourth-order valence-corrected chi connectivity index (χ4v) is 4.99. The van der Waals surface area contributed by atoms with Gasteiger partial charge >= 0.3 is 0 Å². The number of aromatic nitrogens is 2. The van der Waals surface area contributed by atoms with Crippen LogP contribution in [0.5, 0.6) is 0 Å². The number of benzene rings is 2. The second kappa shape index (κ2) is 4.02. The van der Waals surface area contributed by atoms with E-state index in [0.29, 0.717) is 0 Å². The highest BCUT2D eigenvalue weighted by Gasteiger charge is 2.36. The maximum Gasteiger partial charge on any atom is 0.0486 e. The van der Waals surface area contributed by atoms with Crippen molar-refractivity contribution in [2.75, 3.05) is 0 Å². The Morgan fingerprint density at radius 3 is 1.62 bits per heavy atom. The van der Waals surface area contributed by atoms with E-state index in [1.54, 1.807) is 5.57 Å². The van der Waals surface area contributed by atoms with Gasteiger partial charge in [0.1, 0.15) is 0 Å². The average molecular weight is 310 g/mol. The molecule has 2 nitrogen and oxygen atoms in total. The van der Waals surface area contributed by atoms with Gasteiger partial charge in [0.15, 0.2) is 0 Å². The summed E-state index contributed by atoms with van der Waals surface area (Å²) in [6, 6.07) is 17.7. The quantitative estimate of drug-likeness (QED) is 0.450. The van der Waals surface area contributed by atoms with Gasteiger partial charge < -0.3 is 9.13 Å². The Morgan fingerprint density at radius 2 is 1.12 bits per heavy atom. The van der Waals surface area contributed by atoms with Gasteiger partial charge in [-0.1, -0.05) is 36.4 Å². The molecule has 2 aromatic heterocycles. The van der Waals surface area contributed by atoms with Crippen molar-refractivity contribution < 1.29 is 0 Å². The second-order valence-electron chi connectivity index (χ2n) is 7.13. The molecular weight excluding hydrogens is 292 g/mol. The molecule has 0 saturated heterocycles. The van der Waals surface area contributed by atoms with Crippen LogP contribution in [0.15, 0.2) is 54.1 Å².